The lowest BCUT2D eigenvalue weighted by molar-refractivity contribution is -0.121. The molecule has 0 aliphatic carbocycles. The second kappa shape index (κ2) is 11.3. The van der Waals surface area contributed by atoms with E-state index in [1.54, 1.807) is 36.4 Å². The first-order valence-corrected chi connectivity index (χ1v) is 13.6. The van der Waals surface area contributed by atoms with Crippen LogP contribution >= 0.6 is 0 Å². The molecule has 0 spiro atoms. The molecule has 0 saturated carbocycles. The molecule has 0 aliphatic heterocycles. The third-order valence-corrected chi connectivity index (χ3v) is 7.47. The molecular formula is C28H28N2O5S. The molecule has 7 nitrogen and oxygen atoms in total. The lowest BCUT2D eigenvalue weighted by Gasteiger charge is -2.16. The molecule has 0 fully saturated rings. The zero-order valence-electron chi connectivity index (χ0n) is 20.0. The number of rotatable bonds is 11. The Morgan fingerprint density at radius 3 is 2.33 bits per heavy atom. The smallest absolute Gasteiger partial charge is 0.266 e. The molecule has 8 heteroatoms. The molecule has 0 radical (unpaired) electrons. The van der Waals surface area contributed by atoms with Gasteiger partial charge in [-0.1, -0.05) is 72.3 Å². The summed E-state index contributed by atoms with van der Waals surface area (Å²) in [5, 5.41) is 2.72. The number of Topliss-reactive ketones (excluding diaryl/α,β-unsaturated/α-hetero) is 1. The monoisotopic (exact) mass is 504 g/mol. The number of aryl methyl sites for hydroxylation is 2. The zero-order chi connectivity index (χ0) is 25.5. The second-order valence-corrected chi connectivity index (χ2v) is 11.0. The average Bonchev–Trinajstić information content (AvgIpc) is 3.31. The zero-order valence-corrected chi connectivity index (χ0v) is 20.8. The number of hydrogen-bond donors (Lipinski definition) is 1. The van der Waals surface area contributed by atoms with Crippen molar-refractivity contribution in [1.82, 2.24) is 10.3 Å². The van der Waals surface area contributed by atoms with E-state index in [2.05, 4.69) is 10.3 Å². The number of sulfone groups is 1. The van der Waals surface area contributed by atoms with Crippen molar-refractivity contribution in [2.75, 3.05) is 5.75 Å². The van der Waals surface area contributed by atoms with Crippen LogP contribution in [0.5, 0.6) is 0 Å². The van der Waals surface area contributed by atoms with Crippen molar-refractivity contribution in [2.45, 2.75) is 38.0 Å². The number of hydrogen-bond acceptors (Lipinski definition) is 6. The Morgan fingerprint density at radius 2 is 1.61 bits per heavy atom. The van der Waals surface area contributed by atoms with Gasteiger partial charge in [0.15, 0.2) is 15.4 Å². The maximum Gasteiger partial charge on any atom is 0.266 e. The number of para-hydroxylation sites is 2. The quantitative estimate of drug-likeness (QED) is 0.303. The van der Waals surface area contributed by atoms with Crippen molar-refractivity contribution in [1.29, 1.82) is 0 Å². The summed E-state index contributed by atoms with van der Waals surface area (Å²) >= 11 is 0. The number of fused-ring (bicyclic) bond motifs is 1. The summed E-state index contributed by atoms with van der Waals surface area (Å²) in [6.07, 6.45) is 0.629. The van der Waals surface area contributed by atoms with Gasteiger partial charge >= 0.3 is 0 Å². The predicted octanol–water partition coefficient (Wildman–Crippen LogP) is 4.44. The summed E-state index contributed by atoms with van der Waals surface area (Å²) in [5.41, 5.74) is 3.77. The molecule has 0 unspecified atom stereocenters. The minimum absolute atomic E-state index is 0.0819. The van der Waals surface area contributed by atoms with Gasteiger partial charge in [-0.2, -0.15) is 0 Å². The van der Waals surface area contributed by atoms with Gasteiger partial charge in [0.25, 0.3) is 5.89 Å². The van der Waals surface area contributed by atoms with Gasteiger partial charge in [0.2, 0.25) is 11.7 Å². The van der Waals surface area contributed by atoms with E-state index in [1.165, 1.54) is 0 Å². The number of nitrogens with zero attached hydrogens (tertiary/aromatic N) is 1. The third-order valence-electron chi connectivity index (χ3n) is 5.87. The molecule has 4 aromatic rings. The number of ketones is 1. The highest BCUT2D eigenvalue weighted by molar-refractivity contribution is 7.90. The van der Waals surface area contributed by atoms with Gasteiger partial charge in [-0.3, -0.25) is 9.59 Å². The van der Waals surface area contributed by atoms with E-state index >= 15 is 0 Å². The van der Waals surface area contributed by atoms with E-state index < -0.39 is 27.6 Å². The molecule has 0 saturated heterocycles. The molecule has 3 aromatic carbocycles. The van der Waals surface area contributed by atoms with E-state index in [-0.39, 0.29) is 23.8 Å². The Morgan fingerprint density at radius 1 is 0.917 bits per heavy atom. The maximum atomic E-state index is 13.3. The highest BCUT2D eigenvalue weighted by atomic mass is 32.2. The van der Waals surface area contributed by atoms with Crippen molar-refractivity contribution in [3.63, 3.8) is 0 Å². The Labute approximate surface area is 210 Å². The summed E-state index contributed by atoms with van der Waals surface area (Å²) in [6.45, 7) is 1.93. The van der Waals surface area contributed by atoms with Crippen LogP contribution in [0, 0.1) is 6.92 Å². The molecule has 1 aromatic heterocycles. The van der Waals surface area contributed by atoms with Gasteiger partial charge in [0.05, 0.1) is 17.5 Å². The second-order valence-electron chi connectivity index (χ2n) is 8.82. The van der Waals surface area contributed by atoms with Crippen LogP contribution in [0.15, 0.2) is 83.3 Å². The van der Waals surface area contributed by atoms with Gasteiger partial charge in [0.1, 0.15) is 5.52 Å². The van der Waals surface area contributed by atoms with Crippen molar-refractivity contribution < 1.29 is 22.4 Å². The van der Waals surface area contributed by atoms with Gasteiger partial charge < -0.3 is 9.73 Å². The Bertz CT molecular complexity index is 1410. The topological polar surface area (TPSA) is 106 Å². The molecule has 1 N–H and O–H groups in total. The van der Waals surface area contributed by atoms with Crippen LogP contribution in [-0.4, -0.2) is 36.9 Å². The fourth-order valence-electron chi connectivity index (χ4n) is 3.88. The number of nitrogens with one attached hydrogen (secondary N) is 1. The van der Waals surface area contributed by atoms with Crippen LogP contribution < -0.4 is 5.32 Å². The van der Waals surface area contributed by atoms with Crippen LogP contribution in [-0.2, 0) is 26.8 Å². The number of amides is 1. The summed E-state index contributed by atoms with van der Waals surface area (Å²) in [7, 11) is -3.50. The van der Waals surface area contributed by atoms with Crippen LogP contribution in [0.4, 0.5) is 0 Å². The van der Waals surface area contributed by atoms with Gasteiger partial charge in [-0.15, -0.1) is 0 Å². The lowest BCUT2D eigenvalue weighted by atomic mass is 10.0. The fraction of sp³-hybridized carbons (Fsp3) is 0.250. The Balaban J connectivity index is 1.43. The molecule has 0 bridgehead atoms. The van der Waals surface area contributed by atoms with Gasteiger partial charge in [-0.25, -0.2) is 13.4 Å². The van der Waals surface area contributed by atoms with Crippen molar-refractivity contribution in [3.8, 4) is 0 Å². The van der Waals surface area contributed by atoms with Crippen LogP contribution in [0.2, 0.25) is 0 Å². The number of carbonyl (C=O) groups is 2. The first kappa shape index (κ1) is 25.3. The number of aromatic nitrogens is 1. The number of carbonyl (C=O) groups excluding carboxylic acids is 2. The van der Waals surface area contributed by atoms with Crippen molar-refractivity contribution in [2.24, 2.45) is 0 Å². The lowest BCUT2D eigenvalue weighted by Crippen LogP contribution is -2.42. The van der Waals surface area contributed by atoms with E-state index in [1.807, 2.05) is 49.4 Å². The van der Waals surface area contributed by atoms with Crippen molar-refractivity contribution in [3.05, 3.63) is 101 Å². The van der Waals surface area contributed by atoms with Gasteiger partial charge in [-0.05, 0) is 43.0 Å². The highest BCUT2D eigenvalue weighted by Gasteiger charge is 2.27. The average molecular weight is 505 g/mol. The molecule has 0 aliphatic rings. The molecule has 1 amide bonds. The minimum atomic E-state index is -3.50. The number of oxazole rings is 1. The molecule has 4 rings (SSSR count). The molecule has 1 heterocycles. The summed E-state index contributed by atoms with van der Waals surface area (Å²) in [5.74, 6) is -1.49. The summed E-state index contributed by atoms with van der Waals surface area (Å²) < 4.78 is 30.8. The fourth-order valence-corrected chi connectivity index (χ4v) is 5.22. The van der Waals surface area contributed by atoms with Gasteiger partial charge in [0, 0.05) is 6.42 Å². The van der Waals surface area contributed by atoms with E-state index in [0.717, 1.165) is 11.1 Å². The predicted molar refractivity (Wildman–Crippen MR) is 138 cm³/mol. The third kappa shape index (κ3) is 6.88. The molecule has 1 atom stereocenters. The molecule has 36 heavy (non-hydrogen) atoms. The largest absolute Gasteiger partial charge is 0.434 e. The van der Waals surface area contributed by atoms with Crippen molar-refractivity contribution >= 4 is 32.6 Å². The van der Waals surface area contributed by atoms with E-state index in [4.69, 9.17) is 4.42 Å². The molecular weight excluding hydrogens is 476 g/mol. The first-order valence-electron chi connectivity index (χ1n) is 11.8. The minimum Gasteiger partial charge on any atom is -0.434 e. The maximum absolute atomic E-state index is 13.3. The van der Waals surface area contributed by atoms with Crippen LogP contribution in [0.25, 0.3) is 11.1 Å². The van der Waals surface area contributed by atoms with E-state index in [0.29, 0.717) is 29.5 Å². The first-order chi connectivity index (χ1) is 17.3. The Hall–Kier alpha value is -3.78. The summed E-state index contributed by atoms with van der Waals surface area (Å²) in [6, 6.07) is 23.0. The molecule has 186 valence electrons. The van der Waals surface area contributed by atoms with Crippen LogP contribution in [0.3, 0.4) is 0 Å². The van der Waals surface area contributed by atoms with Crippen LogP contribution in [0.1, 0.15) is 40.2 Å². The SMILES string of the molecule is Cc1ccc(CS(=O)(=O)CCC(=O)N[C@H](CCc2ccccc2)C(=O)c2nc3ccccc3o2)cc1. The summed E-state index contributed by atoms with van der Waals surface area (Å²) in [4.78, 5) is 30.3. The number of benzene rings is 3. The van der Waals surface area contributed by atoms with E-state index in [9.17, 15) is 18.0 Å². The standard InChI is InChI=1S/C28H28N2O5S/c1-20-11-13-22(14-12-20)19-36(33,34)18-17-26(31)29-24(16-15-21-7-3-2-4-8-21)27(32)28-30-23-9-5-6-10-25(23)35-28/h2-14,24H,15-19H2,1H3,(H,29,31)/t24-/m1/s1. The Kier molecular flexibility index (Phi) is 7.95. The highest BCUT2D eigenvalue weighted by Crippen LogP contribution is 2.18. The normalized spacial score (nSPS) is 12.4.